The van der Waals surface area contributed by atoms with Crippen molar-refractivity contribution < 1.29 is 28.5 Å². The van der Waals surface area contributed by atoms with Gasteiger partial charge in [0.2, 0.25) is 5.75 Å². The molecule has 0 radical (unpaired) electrons. The molecule has 0 aliphatic rings. The van der Waals surface area contributed by atoms with E-state index in [0.717, 1.165) is 5.56 Å². The number of rotatable bonds is 8. The minimum atomic E-state index is -0.561. The minimum Gasteiger partial charge on any atom is -0.493 e. The van der Waals surface area contributed by atoms with Gasteiger partial charge in [0.25, 0.3) is 0 Å². The minimum absolute atomic E-state index is 0.243. The van der Waals surface area contributed by atoms with Crippen LogP contribution >= 0.6 is 0 Å². The van der Waals surface area contributed by atoms with Crippen molar-refractivity contribution in [2.75, 3.05) is 27.4 Å². The van der Waals surface area contributed by atoms with Crippen LogP contribution in [0, 0.1) is 6.92 Å². The van der Waals surface area contributed by atoms with E-state index in [9.17, 15) is 9.59 Å². The molecule has 0 atom stereocenters. The summed E-state index contributed by atoms with van der Waals surface area (Å²) in [5, 5.41) is 0. The third-order valence-electron chi connectivity index (χ3n) is 2.63. The fourth-order valence-corrected chi connectivity index (χ4v) is 1.73. The number of ketones is 1. The van der Waals surface area contributed by atoms with Gasteiger partial charge in [-0.15, -0.1) is 0 Å². The summed E-state index contributed by atoms with van der Waals surface area (Å²) < 4.78 is 20.6. The molecule has 6 heteroatoms. The molecule has 0 N–H and O–H groups in total. The highest BCUT2D eigenvalue weighted by atomic mass is 16.5. The Bertz CT molecular complexity index is 484. The van der Waals surface area contributed by atoms with Crippen LogP contribution in [0.2, 0.25) is 0 Å². The summed E-state index contributed by atoms with van der Waals surface area (Å²) in [4.78, 5) is 22.9. The second-order valence-electron chi connectivity index (χ2n) is 4.31. The Kier molecular flexibility index (Phi) is 6.52. The van der Waals surface area contributed by atoms with E-state index in [1.165, 1.54) is 14.2 Å². The number of esters is 1. The van der Waals surface area contributed by atoms with Gasteiger partial charge < -0.3 is 18.9 Å². The molecule has 6 nitrogen and oxygen atoms in total. The Hall–Kier alpha value is -2.24. The molecule has 116 valence electrons. The first-order valence-electron chi connectivity index (χ1n) is 6.54. The van der Waals surface area contributed by atoms with Crippen LogP contribution in [0.5, 0.6) is 17.2 Å². The average molecular weight is 296 g/mol. The Morgan fingerprint density at radius 2 is 1.67 bits per heavy atom. The number of carbonyl (C=O) groups excluding carboxylic acids is 2. The summed E-state index contributed by atoms with van der Waals surface area (Å²) in [6.45, 7) is 3.56. The third-order valence-corrected chi connectivity index (χ3v) is 2.63. The number of ether oxygens (including phenoxy) is 4. The molecule has 0 unspecified atom stereocenters. The Morgan fingerprint density at radius 1 is 1.10 bits per heavy atom. The van der Waals surface area contributed by atoms with Gasteiger partial charge in [0.15, 0.2) is 17.3 Å². The monoisotopic (exact) mass is 296 g/mol. The van der Waals surface area contributed by atoms with Crippen LogP contribution in [0.25, 0.3) is 0 Å². The molecule has 0 aromatic heterocycles. The standard InChI is InChI=1S/C15H20O6/c1-5-20-14(17)8-11(16)9-21-15-12(18-3)6-10(2)7-13(15)19-4/h6-7H,5,8-9H2,1-4H3. The number of hydrogen-bond donors (Lipinski definition) is 0. The van der Waals surface area contributed by atoms with Gasteiger partial charge in [-0.2, -0.15) is 0 Å². The molecule has 0 bridgehead atoms. The number of benzene rings is 1. The van der Waals surface area contributed by atoms with Crippen molar-refractivity contribution in [3.05, 3.63) is 17.7 Å². The lowest BCUT2D eigenvalue weighted by atomic mass is 10.2. The maximum atomic E-state index is 11.7. The zero-order chi connectivity index (χ0) is 15.8. The number of aryl methyl sites for hydroxylation is 1. The summed E-state index contributed by atoms with van der Waals surface area (Å²) in [6, 6.07) is 3.54. The van der Waals surface area contributed by atoms with E-state index in [1.54, 1.807) is 19.1 Å². The van der Waals surface area contributed by atoms with Crippen molar-refractivity contribution in [2.45, 2.75) is 20.3 Å². The van der Waals surface area contributed by atoms with Gasteiger partial charge in [0, 0.05) is 0 Å². The van der Waals surface area contributed by atoms with E-state index in [0.29, 0.717) is 17.2 Å². The van der Waals surface area contributed by atoms with Gasteiger partial charge in [-0.05, 0) is 31.5 Å². The number of carbonyl (C=O) groups is 2. The predicted octanol–water partition coefficient (Wildman–Crippen LogP) is 1.91. The molecular weight excluding hydrogens is 276 g/mol. The van der Waals surface area contributed by atoms with E-state index < -0.39 is 5.97 Å². The highest BCUT2D eigenvalue weighted by Crippen LogP contribution is 2.38. The number of Topliss-reactive ketones (excluding diaryl/α,β-unsaturated/α-hetero) is 1. The average Bonchev–Trinajstić information content (AvgIpc) is 2.44. The van der Waals surface area contributed by atoms with Gasteiger partial charge in [-0.3, -0.25) is 9.59 Å². The summed E-state index contributed by atoms with van der Waals surface area (Å²) in [7, 11) is 3.00. The van der Waals surface area contributed by atoms with E-state index in [4.69, 9.17) is 18.9 Å². The van der Waals surface area contributed by atoms with E-state index >= 15 is 0 Å². The lowest BCUT2D eigenvalue weighted by Crippen LogP contribution is -2.17. The van der Waals surface area contributed by atoms with Crippen molar-refractivity contribution in [3.8, 4) is 17.2 Å². The van der Waals surface area contributed by atoms with Gasteiger partial charge in [0.1, 0.15) is 13.0 Å². The Morgan fingerprint density at radius 3 is 2.14 bits per heavy atom. The highest BCUT2D eigenvalue weighted by Gasteiger charge is 2.16. The molecule has 0 aliphatic carbocycles. The Labute approximate surface area is 123 Å². The largest absolute Gasteiger partial charge is 0.493 e. The lowest BCUT2D eigenvalue weighted by molar-refractivity contribution is -0.145. The van der Waals surface area contributed by atoms with Gasteiger partial charge in [-0.25, -0.2) is 0 Å². The van der Waals surface area contributed by atoms with Crippen LogP contribution in [0.15, 0.2) is 12.1 Å². The van der Waals surface area contributed by atoms with E-state index in [1.807, 2.05) is 6.92 Å². The second kappa shape index (κ2) is 8.14. The first-order valence-corrected chi connectivity index (χ1v) is 6.54. The molecule has 0 amide bonds. The molecule has 0 heterocycles. The number of methoxy groups -OCH3 is 2. The predicted molar refractivity (Wildman–Crippen MR) is 76.0 cm³/mol. The van der Waals surface area contributed by atoms with Crippen molar-refractivity contribution in [3.63, 3.8) is 0 Å². The normalized spacial score (nSPS) is 9.90. The topological polar surface area (TPSA) is 71.1 Å². The lowest BCUT2D eigenvalue weighted by Gasteiger charge is -2.14. The molecule has 0 spiro atoms. The summed E-state index contributed by atoms with van der Waals surface area (Å²) in [6.07, 6.45) is -0.315. The SMILES string of the molecule is CCOC(=O)CC(=O)COc1c(OC)cc(C)cc1OC. The highest BCUT2D eigenvalue weighted by molar-refractivity contribution is 5.96. The molecule has 1 aromatic rings. The summed E-state index contributed by atoms with van der Waals surface area (Å²) >= 11 is 0. The molecule has 0 saturated heterocycles. The quantitative estimate of drug-likeness (QED) is 0.539. The van der Waals surface area contributed by atoms with Gasteiger partial charge in [-0.1, -0.05) is 0 Å². The smallest absolute Gasteiger partial charge is 0.313 e. The molecule has 0 fully saturated rings. The van der Waals surface area contributed by atoms with Gasteiger partial charge >= 0.3 is 5.97 Å². The van der Waals surface area contributed by atoms with Crippen molar-refractivity contribution >= 4 is 11.8 Å². The van der Waals surface area contributed by atoms with Crippen molar-refractivity contribution in [2.24, 2.45) is 0 Å². The van der Waals surface area contributed by atoms with E-state index in [2.05, 4.69) is 0 Å². The Balaban J connectivity index is 2.74. The maximum absolute atomic E-state index is 11.7. The molecule has 0 saturated carbocycles. The molecule has 1 rings (SSSR count). The van der Waals surface area contributed by atoms with Crippen LogP contribution in [0.1, 0.15) is 18.9 Å². The van der Waals surface area contributed by atoms with Crippen LogP contribution < -0.4 is 14.2 Å². The summed E-state index contributed by atoms with van der Waals surface area (Å²) in [5.74, 6) is 0.335. The van der Waals surface area contributed by atoms with Crippen molar-refractivity contribution in [1.29, 1.82) is 0 Å². The number of hydrogen-bond acceptors (Lipinski definition) is 6. The third kappa shape index (κ3) is 4.98. The molecular formula is C15H20O6. The molecule has 1 aromatic carbocycles. The second-order valence-corrected chi connectivity index (χ2v) is 4.31. The van der Waals surface area contributed by atoms with Crippen LogP contribution in [-0.4, -0.2) is 39.2 Å². The zero-order valence-electron chi connectivity index (χ0n) is 12.7. The van der Waals surface area contributed by atoms with Crippen molar-refractivity contribution in [1.82, 2.24) is 0 Å². The van der Waals surface area contributed by atoms with E-state index in [-0.39, 0.29) is 25.4 Å². The van der Waals surface area contributed by atoms with Crippen LogP contribution in [0.3, 0.4) is 0 Å². The first-order chi connectivity index (χ1) is 10.0. The zero-order valence-corrected chi connectivity index (χ0v) is 12.7. The maximum Gasteiger partial charge on any atom is 0.313 e. The summed E-state index contributed by atoms with van der Waals surface area (Å²) in [5.41, 5.74) is 0.939. The molecule has 0 aliphatic heterocycles. The van der Waals surface area contributed by atoms with Crippen LogP contribution in [0.4, 0.5) is 0 Å². The fourth-order valence-electron chi connectivity index (χ4n) is 1.73. The van der Waals surface area contributed by atoms with Crippen LogP contribution in [-0.2, 0) is 14.3 Å². The molecule has 21 heavy (non-hydrogen) atoms. The first kappa shape index (κ1) is 16.8. The van der Waals surface area contributed by atoms with Gasteiger partial charge in [0.05, 0.1) is 20.8 Å². The fraction of sp³-hybridized carbons (Fsp3) is 0.467.